The molecule has 4 rings (SSSR count). The van der Waals surface area contributed by atoms with Gasteiger partial charge in [-0.25, -0.2) is 0 Å². The molecule has 0 radical (unpaired) electrons. The highest BCUT2D eigenvalue weighted by Crippen LogP contribution is 2.68. The molecular weight excluding hydrogens is 536 g/mol. The van der Waals surface area contributed by atoms with Gasteiger partial charge in [0.1, 0.15) is 18.4 Å². The maximum absolute atomic E-state index is 14.2. The van der Waals surface area contributed by atoms with Crippen LogP contribution < -0.4 is 9.64 Å². The molecule has 188 valence electrons. The molecule has 2 amide bonds. The standard InChI is InChI=1S/C25H29BrN2O6S/c1-4-10-27(15-6-8-16(33-3)9-7-15)23(31)21-25-14-17(26)20(35-25)18(24(32)34-13-5-2)19(25)22(30)28(21)11-12-29/h4-9,17-21,29H,1-2,10-14H2,3H3/t17?,18-,19-,20-,21?,25?/m0/s1. The van der Waals surface area contributed by atoms with Crippen LogP contribution in [0.1, 0.15) is 6.42 Å². The number of ether oxygens (including phenoxy) is 2. The fraction of sp³-hybridized carbons (Fsp3) is 0.480. The zero-order valence-electron chi connectivity index (χ0n) is 19.5. The molecular formula is C25H29BrN2O6S. The van der Waals surface area contributed by atoms with E-state index < -0.39 is 28.6 Å². The van der Waals surface area contributed by atoms with Crippen molar-refractivity contribution in [1.29, 1.82) is 0 Å². The number of hydrogen-bond acceptors (Lipinski definition) is 7. The van der Waals surface area contributed by atoms with Crippen molar-refractivity contribution in [2.45, 2.75) is 27.3 Å². The van der Waals surface area contributed by atoms with Gasteiger partial charge < -0.3 is 24.4 Å². The number of β-amino-alcohol motifs (C(OH)–C–C–N with tert-alkyl or cyclic N) is 1. The van der Waals surface area contributed by atoms with Crippen LogP contribution in [-0.2, 0) is 19.1 Å². The summed E-state index contributed by atoms with van der Waals surface area (Å²) in [6.07, 6.45) is 3.67. The summed E-state index contributed by atoms with van der Waals surface area (Å²) in [6, 6.07) is 6.25. The maximum Gasteiger partial charge on any atom is 0.311 e. The molecule has 35 heavy (non-hydrogen) atoms. The van der Waals surface area contributed by atoms with Crippen LogP contribution >= 0.6 is 27.7 Å². The summed E-state index contributed by atoms with van der Waals surface area (Å²) < 4.78 is 9.79. The lowest BCUT2D eigenvalue weighted by Crippen LogP contribution is -2.56. The Morgan fingerprint density at radius 2 is 2.03 bits per heavy atom. The van der Waals surface area contributed by atoms with E-state index in [0.717, 1.165) is 0 Å². The van der Waals surface area contributed by atoms with Gasteiger partial charge in [-0.05, 0) is 30.7 Å². The van der Waals surface area contributed by atoms with Crippen LogP contribution in [-0.4, -0.2) is 82.1 Å². The summed E-state index contributed by atoms with van der Waals surface area (Å²) in [6.45, 7) is 7.40. The Labute approximate surface area is 217 Å². The Hall–Kier alpha value is -2.30. The van der Waals surface area contributed by atoms with E-state index in [9.17, 15) is 19.5 Å². The number of carbonyl (C=O) groups excluding carboxylic acids is 3. The van der Waals surface area contributed by atoms with E-state index >= 15 is 0 Å². The van der Waals surface area contributed by atoms with Crippen molar-refractivity contribution in [3.05, 3.63) is 49.6 Å². The van der Waals surface area contributed by atoms with E-state index in [1.807, 2.05) is 0 Å². The number of halogens is 1. The number of methoxy groups -OCH3 is 1. The monoisotopic (exact) mass is 564 g/mol. The highest BCUT2D eigenvalue weighted by molar-refractivity contribution is 9.09. The zero-order valence-corrected chi connectivity index (χ0v) is 21.9. The molecule has 2 bridgehead atoms. The Bertz CT molecular complexity index is 1020. The van der Waals surface area contributed by atoms with Crippen LogP contribution in [0.4, 0.5) is 5.69 Å². The van der Waals surface area contributed by atoms with Gasteiger partial charge in [0.2, 0.25) is 5.91 Å². The van der Waals surface area contributed by atoms with Crippen molar-refractivity contribution in [1.82, 2.24) is 4.90 Å². The number of nitrogens with zero attached hydrogens (tertiary/aromatic N) is 2. The molecule has 8 nitrogen and oxygen atoms in total. The predicted octanol–water partition coefficient (Wildman–Crippen LogP) is 2.40. The van der Waals surface area contributed by atoms with Crippen LogP contribution in [0.3, 0.4) is 0 Å². The number of hydrogen-bond donors (Lipinski definition) is 1. The Morgan fingerprint density at radius 1 is 1.31 bits per heavy atom. The van der Waals surface area contributed by atoms with Crippen molar-refractivity contribution >= 4 is 51.2 Å². The van der Waals surface area contributed by atoms with Crippen LogP contribution in [0, 0.1) is 11.8 Å². The number of thioether (sulfide) groups is 1. The van der Waals surface area contributed by atoms with Crippen LogP contribution in [0.2, 0.25) is 0 Å². The fourth-order valence-electron chi connectivity index (χ4n) is 5.63. The lowest BCUT2D eigenvalue weighted by atomic mass is 9.71. The van der Waals surface area contributed by atoms with Gasteiger partial charge in [0, 0.05) is 28.9 Å². The van der Waals surface area contributed by atoms with E-state index in [-0.39, 0.29) is 48.2 Å². The highest BCUT2D eigenvalue weighted by Gasteiger charge is 2.76. The van der Waals surface area contributed by atoms with Gasteiger partial charge in [0.25, 0.3) is 5.91 Å². The second kappa shape index (κ2) is 10.4. The summed E-state index contributed by atoms with van der Waals surface area (Å²) >= 11 is 5.23. The van der Waals surface area contributed by atoms with E-state index in [4.69, 9.17) is 9.47 Å². The van der Waals surface area contributed by atoms with Crippen molar-refractivity contribution in [3.8, 4) is 5.75 Å². The molecule has 3 heterocycles. The molecule has 10 heteroatoms. The van der Waals surface area contributed by atoms with Gasteiger partial charge in [0.15, 0.2) is 0 Å². The predicted molar refractivity (Wildman–Crippen MR) is 138 cm³/mol. The number of benzene rings is 1. The number of anilines is 1. The summed E-state index contributed by atoms with van der Waals surface area (Å²) in [5, 5.41) is 9.57. The molecule has 3 aliphatic heterocycles. The minimum atomic E-state index is -0.846. The van der Waals surface area contributed by atoms with E-state index in [0.29, 0.717) is 17.9 Å². The van der Waals surface area contributed by atoms with E-state index in [1.165, 1.54) is 22.7 Å². The normalized spacial score (nSPS) is 30.7. The summed E-state index contributed by atoms with van der Waals surface area (Å²) in [5.74, 6) is -1.75. The first-order chi connectivity index (χ1) is 16.8. The summed E-state index contributed by atoms with van der Waals surface area (Å²) in [7, 11) is 1.57. The largest absolute Gasteiger partial charge is 0.497 e. The number of esters is 1. The lowest BCUT2D eigenvalue weighted by Gasteiger charge is -2.37. The molecule has 3 unspecified atom stereocenters. The van der Waals surface area contributed by atoms with Crippen LogP contribution in [0.15, 0.2) is 49.6 Å². The average Bonchev–Trinajstić information content (AvgIpc) is 3.44. The second-order valence-corrected chi connectivity index (χ2v) is 11.5. The lowest BCUT2D eigenvalue weighted by molar-refractivity contribution is -0.153. The fourth-order valence-corrected chi connectivity index (χ4v) is 9.22. The van der Waals surface area contributed by atoms with Gasteiger partial charge in [-0.2, -0.15) is 0 Å². The third kappa shape index (κ3) is 4.19. The molecule has 1 aromatic rings. The highest BCUT2D eigenvalue weighted by atomic mass is 79.9. The summed E-state index contributed by atoms with van der Waals surface area (Å²) in [5.41, 5.74) is 0.641. The summed E-state index contributed by atoms with van der Waals surface area (Å²) in [4.78, 5) is 44.0. The first kappa shape index (κ1) is 25.8. The Morgan fingerprint density at radius 3 is 2.63 bits per heavy atom. The molecule has 1 aromatic carbocycles. The van der Waals surface area contributed by atoms with Crippen molar-refractivity contribution in [2.75, 3.05) is 38.3 Å². The number of amides is 2. The van der Waals surface area contributed by atoms with Crippen LogP contribution in [0.25, 0.3) is 0 Å². The number of carbonyl (C=O) groups is 3. The average molecular weight is 565 g/mol. The van der Waals surface area contributed by atoms with Gasteiger partial charge in [-0.1, -0.05) is 34.7 Å². The second-order valence-electron chi connectivity index (χ2n) is 8.77. The number of fused-ring (bicyclic) bond motifs is 1. The van der Waals surface area contributed by atoms with Crippen molar-refractivity contribution in [3.63, 3.8) is 0 Å². The zero-order chi connectivity index (χ0) is 25.3. The topological polar surface area (TPSA) is 96.4 Å². The first-order valence-corrected chi connectivity index (χ1v) is 13.2. The Kier molecular flexibility index (Phi) is 7.63. The first-order valence-electron chi connectivity index (χ1n) is 11.4. The van der Waals surface area contributed by atoms with E-state index in [1.54, 1.807) is 42.4 Å². The van der Waals surface area contributed by atoms with Gasteiger partial charge in [0.05, 0.1) is 30.3 Å². The number of likely N-dealkylation sites (tertiary alicyclic amines) is 1. The minimum Gasteiger partial charge on any atom is -0.497 e. The van der Waals surface area contributed by atoms with Gasteiger partial charge in [-0.3, -0.25) is 14.4 Å². The number of aliphatic hydroxyl groups excluding tert-OH is 1. The van der Waals surface area contributed by atoms with Crippen molar-refractivity contribution in [2.24, 2.45) is 11.8 Å². The Balaban J connectivity index is 1.75. The van der Waals surface area contributed by atoms with Gasteiger partial charge in [-0.15, -0.1) is 18.3 Å². The van der Waals surface area contributed by atoms with Crippen LogP contribution in [0.5, 0.6) is 5.75 Å². The minimum absolute atomic E-state index is 0.00460. The number of aliphatic hydroxyl groups is 1. The molecule has 1 spiro atoms. The molecule has 0 saturated carbocycles. The third-order valence-corrected chi connectivity index (χ3v) is 10.2. The smallest absolute Gasteiger partial charge is 0.311 e. The molecule has 3 saturated heterocycles. The van der Waals surface area contributed by atoms with Gasteiger partial charge >= 0.3 is 5.97 Å². The maximum atomic E-state index is 14.2. The van der Waals surface area contributed by atoms with E-state index in [2.05, 4.69) is 29.1 Å². The quantitative estimate of drug-likeness (QED) is 0.265. The molecule has 1 N–H and O–H groups in total. The molecule has 0 aliphatic carbocycles. The SMILES string of the molecule is C=CCOC(=O)[C@H]1[C@H]2C(=O)N(CCO)C(C(=O)N(CC=C)c3ccc(OC)cc3)C23CC(Br)[C@@H]1S3. The molecule has 6 atom stereocenters. The molecule has 0 aromatic heterocycles. The molecule has 3 aliphatic rings. The van der Waals surface area contributed by atoms with Crippen molar-refractivity contribution < 1.29 is 29.0 Å². The number of rotatable bonds is 10. The molecule has 3 fully saturated rings. The third-order valence-electron chi connectivity index (χ3n) is 6.94. The number of alkyl halides is 1.